The summed E-state index contributed by atoms with van der Waals surface area (Å²) in [6, 6.07) is 14.4. The third-order valence-corrected chi connectivity index (χ3v) is 5.25. The molecule has 1 aliphatic heterocycles. The van der Waals surface area contributed by atoms with Gasteiger partial charge in [0.1, 0.15) is 0 Å². The molecular formula is C23H32IN5O. The molecule has 2 aromatic carbocycles. The highest BCUT2D eigenvalue weighted by atomic mass is 127. The van der Waals surface area contributed by atoms with Crippen molar-refractivity contribution in [2.45, 2.75) is 25.9 Å². The molecule has 2 aromatic rings. The lowest BCUT2D eigenvalue weighted by Gasteiger charge is -2.28. The second kappa shape index (κ2) is 11.2. The van der Waals surface area contributed by atoms with Crippen molar-refractivity contribution < 1.29 is 4.79 Å². The Morgan fingerprint density at radius 2 is 1.70 bits per heavy atom. The maximum atomic E-state index is 12.0. The summed E-state index contributed by atoms with van der Waals surface area (Å²) in [6.07, 6.45) is 2.36. The number of rotatable bonds is 5. The number of anilines is 1. The van der Waals surface area contributed by atoms with Gasteiger partial charge >= 0.3 is 0 Å². The Hall–Kier alpha value is -2.29. The van der Waals surface area contributed by atoms with E-state index in [1.807, 2.05) is 24.3 Å². The van der Waals surface area contributed by atoms with Crippen LogP contribution in [0.2, 0.25) is 0 Å². The van der Waals surface area contributed by atoms with E-state index < -0.39 is 0 Å². The SMILES string of the molecule is CN=C(NCc1ccc(C(=O)N(C)C)cc1)NCc1ccc2c(c1)CCCN2C.I. The molecule has 3 rings (SSSR count). The molecule has 7 heteroatoms. The molecule has 0 aliphatic carbocycles. The summed E-state index contributed by atoms with van der Waals surface area (Å²) in [5.41, 5.74) is 5.82. The molecule has 30 heavy (non-hydrogen) atoms. The highest BCUT2D eigenvalue weighted by molar-refractivity contribution is 14.0. The average Bonchev–Trinajstić information content (AvgIpc) is 2.73. The molecule has 0 fully saturated rings. The van der Waals surface area contributed by atoms with E-state index in [-0.39, 0.29) is 29.9 Å². The van der Waals surface area contributed by atoms with Gasteiger partial charge in [0.05, 0.1) is 0 Å². The highest BCUT2D eigenvalue weighted by Crippen LogP contribution is 2.26. The third kappa shape index (κ3) is 6.10. The number of aryl methyl sites for hydroxylation is 1. The summed E-state index contributed by atoms with van der Waals surface area (Å²) in [5.74, 6) is 0.770. The highest BCUT2D eigenvalue weighted by Gasteiger charge is 2.13. The molecule has 1 heterocycles. The topological polar surface area (TPSA) is 60.0 Å². The van der Waals surface area contributed by atoms with Crippen LogP contribution in [0.4, 0.5) is 5.69 Å². The minimum Gasteiger partial charge on any atom is -0.374 e. The monoisotopic (exact) mass is 521 g/mol. The van der Waals surface area contributed by atoms with Crippen LogP contribution in [-0.2, 0) is 19.5 Å². The van der Waals surface area contributed by atoms with Crippen molar-refractivity contribution in [3.8, 4) is 0 Å². The molecule has 0 atom stereocenters. The molecule has 0 saturated heterocycles. The summed E-state index contributed by atoms with van der Waals surface area (Å²) in [7, 11) is 7.45. The van der Waals surface area contributed by atoms with Gasteiger partial charge in [-0.15, -0.1) is 24.0 Å². The molecule has 162 valence electrons. The van der Waals surface area contributed by atoms with Gasteiger partial charge in [0, 0.05) is 59.1 Å². The van der Waals surface area contributed by atoms with Crippen LogP contribution in [-0.4, -0.2) is 51.5 Å². The van der Waals surface area contributed by atoms with Crippen molar-refractivity contribution in [3.63, 3.8) is 0 Å². The number of carbonyl (C=O) groups excluding carboxylic acids is 1. The van der Waals surface area contributed by atoms with Gasteiger partial charge < -0.3 is 20.4 Å². The van der Waals surface area contributed by atoms with E-state index in [0.29, 0.717) is 12.1 Å². The van der Waals surface area contributed by atoms with Crippen molar-refractivity contribution >= 4 is 41.5 Å². The normalized spacial score (nSPS) is 13.2. The fourth-order valence-electron chi connectivity index (χ4n) is 3.56. The van der Waals surface area contributed by atoms with Gasteiger partial charge in [-0.2, -0.15) is 0 Å². The quantitative estimate of drug-likeness (QED) is 0.361. The van der Waals surface area contributed by atoms with Gasteiger partial charge in [-0.1, -0.05) is 24.3 Å². The molecule has 6 nitrogen and oxygen atoms in total. The van der Waals surface area contributed by atoms with Gasteiger partial charge in [-0.3, -0.25) is 9.79 Å². The van der Waals surface area contributed by atoms with Crippen LogP contribution in [0.15, 0.2) is 47.5 Å². The average molecular weight is 521 g/mol. The zero-order valence-corrected chi connectivity index (χ0v) is 20.6. The van der Waals surface area contributed by atoms with E-state index in [1.165, 1.54) is 23.2 Å². The predicted molar refractivity (Wildman–Crippen MR) is 135 cm³/mol. The number of hydrogen-bond donors (Lipinski definition) is 2. The van der Waals surface area contributed by atoms with E-state index in [9.17, 15) is 4.79 Å². The molecule has 1 amide bonds. The molecule has 0 spiro atoms. The van der Waals surface area contributed by atoms with Crippen LogP contribution in [0.25, 0.3) is 0 Å². The van der Waals surface area contributed by atoms with Crippen molar-refractivity contribution in [1.29, 1.82) is 0 Å². The van der Waals surface area contributed by atoms with Crippen LogP contribution < -0.4 is 15.5 Å². The summed E-state index contributed by atoms with van der Waals surface area (Å²) < 4.78 is 0. The Morgan fingerprint density at radius 3 is 2.33 bits per heavy atom. The summed E-state index contributed by atoms with van der Waals surface area (Å²) in [6.45, 7) is 2.50. The predicted octanol–water partition coefficient (Wildman–Crippen LogP) is 3.25. The van der Waals surface area contributed by atoms with Crippen LogP contribution in [0.5, 0.6) is 0 Å². The van der Waals surface area contributed by atoms with Crippen molar-refractivity contribution in [2.75, 3.05) is 39.6 Å². The number of amides is 1. The van der Waals surface area contributed by atoms with Crippen LogP contribution in [0.3, 0.4) is 0 Å². The van der Waals surface area contributed by atoms with Crippen molar-refractivity contribution in [1.82, 2.24) is 15.5 Å². The summed E-state index contributed by atoms with van der Waals surface area (Å²) in [4.78, 5) is 20.2. The second-order valence-corrected chi connectivity index (χ2v) is 7.66. The number of benzene rings is 2. The number of carbonyl (C=O) groups is 1. The van der Waals surface area contributed by atoms with E-state index >= 15 is 0 Å². The summed E-state index contributed by atoms with van der Waals surface area (Å²) >= 11 is 0. The zero-order valence-electron chi connectivity index (χ0n) is 18.2. The maximum absolute atomic E-state index is 12.0. The Labute approximate surface area is 196 Å². The Morgan fingerprint density at radius 1 is 1.07 bits per heavy atom. The first kappa shape index (κ1) is 24.0. The second-order valence-electron chi connectivity index (χ2n) is 7.66. The number of guanidine groups is 1. The van der Waals surface area contributed by atoms with E-state index in [1.54, 1.807) is 26.0 Å². The first-order valence-electron chi connectivity index (χ1n) is 10.1. The Bertz CT molecular complexity index is 880. The molecular weight excluding hydrogens is 489 g/mol. The third-order valence-electron chi connectivity index (χ3n) is 5.25. The first-order valence-corrected chi connectivity index (χ1v) is 10.1. The number of aliphatic imine (C=N–C) groups is 1. The van der Waals surface area contributed by atoms with E-state index in [2.05, 4.69) is 45.8 Å². The number of hydrogen-bond acceptors (Lipinski definition) is 3. The molecule has 0 radical (unpaired) electrons. The van der Waals surface area contributed by atoms with Crippen molar-refractivity contribution in [2.24, 2.45) is 4.99 Å². The van der Waals surface area contributed by atoms with Crippen molar-refractivity contribution in [3.05, 3.63) is 64.7 Å². The largest absolute Gasteiger partial charge is 0.374 e. The van der Waals surface area contributed by atoms with Gasteiger partial charge in [0.25, 0.3) is 5.91 Å². The van der Waals surface area contributed by atoms with Gasteiger partial charge in [0.2, 0.25) is 0 Å². The molecule has 0 unspecified atom stereocenters. The molecule has 0 aromatic heterocycles. The number of nitrogens with one attached hydrogen (secondary N) is 2. The van der Waals surface area contributed by atoms with Crippen LogP contribution in [0, 0.1) is 0 Å². The smallest absolute Gasteiger partial charge is 0.253 e. The lowest BCUT2D eigenvalue weighted by atomic mass is 9.99. The number of halogens is 1. The Balaban J connectivity index is 0.00000320. The van der Waals surface area contributed by atoms with Crippen LogP contribution in [0.1, 0.15) is 33.5 Å². The standard InChI is InChI=1S/C23H31N5O.HI/c1-24-23(25-15-17-7-10-19(11-8-17)22(29)27(2)3)26-16-18-9-12-21-20(14-18)6-5-13-28(21)4;/h7-12,14H,5-6,13,15-16H2,1-4H3,(H2,24,25,26);1H. The molecule has 1 aliphatic rings. The fraction of sp³-hybridized carbons (Fsp3) is 0.391. The fourth-order valence-corrected chi connectivity index (χ4v) is 3.56. The Kier molecular flexibility index (Phi) is 8.95. The van der Waals surface area contributed by atoms with E-state index in [4.69, 9.17) is 0 Å². The van der Waals surface area contributed by atoms with Crippen LogP contribution >= 0.6 is 24.0 Å². The van der Waals surface area contributed by atoms with E-state index in [0.717, 1.165) is 31.0 Å². The maximum Gasteiger partial charge on any atom is 0.253 e. The molecule has 0 saturated carbocycles. The molecule has 0 bridgehead atoms. The zero-order chi connectivity index (χ0) is 20.8. The van der Waals surface area contributed by atoms with Gasteiger partial charge in [-0.05, 0) is 47.7 Å². The lowest BCUT2D eigenvalue weighted by Crippen LogP contribution is -2.36. The number of fused-ring (bicyclic) bond motifs is 1. The summed E-state index contributed by atoms with van der Waals surface area (Å²) in [5, 5.41) is 6.72. The van der Waals surface area contributed by atoms with Gasteiger partial charge in [-0.25, -0.2) is 0 Å². The lowest BCUT2D eigenvalue weighted by molar-refractivity contribution is 0.0827. The minimum absolute atomic E-state index is 0. The molecule has 2 N–H and O–H groups in total. The number of nitrogens with zero attached hydrogens (tertiary/aromatic N) is 3. The first-order chi connectivity index (χ1) is 14.0. The minimum atomic E-state index is 0. The van der Waals surface area contributed by atoms with Gasteiger partial charge in [0.15, 0.2) is 5.96 Å².